The molecule has 0 N–H and O–H groups in total. The van der Waals surface area contributed by atoms with Crippen molar-refractivity contribution in [3.8, 4) is 0 Å². The molecule has 1 atom stereocenters. The lowest BCUT2D eigenvalue weighted by molar-refractivity contribution is -0.135. The van der Waals surface area contributed by atoms with E-state index in [0.717, 1.165) is 10.8 Å². The number of hydrogen-bond donors (Lipinski definition) is 0. The zero-order chi connectivity index (χ0) is 17.3. The quantitative estimate of drug-likeness (QED) is 0.860. The number of aromatic nitrogens is 1. The Morgan fingerprint density at radius 2 is 2.04 bits per heavy atom. The normalized spacial score (nSPS) is 17.5. The molecule has 3 rings (SSSR count). The molecule has 5 nitrogen and oxygen atoms in total. The molecule has 0 aliphatic carbocycles. The molecule has 0 spiro atoms. The van der Waals surface area contributed by atoms with Crippen LogP contribution in [0.4, 0.5) is 0 Å². The average molecular weight is 343 g/mol. The SMILES string of the molecule is CC(C)N(C)C(=O)[C@@H]1CSCN1C(=O)c1nccc2ccccc12. The van der Waals surface area contributed by atoms with Crippen molar-refractivity contribution in [3.05, 3.63) is 42.2 Å². The third kappa shape index (κ3) is 2.98. The molecular weight excluding hydrogens is 322 g/mol. The number of carbonyl (C=O) groups is 2. The highest BCUT2D eigenvalue weighted by Crippen LogP contribution is 2.26. The van der Waals surface area contributed by atoms with Crippen LogP contribution in [0.1, 0.15) is 24.3 Å². The highest BCUT2D eigenvalue weighted by molar-refractivity contribution is 7.99. The second kappa shape index (κ2) is 6.81. The van der Waals surface area contributed by atoms with Gasteiger partial charge >= 0.3 is 0 Å². The van der Waals surface area contributed by atoms with Crippen LogP contribution in [-0.4, -0.2) is 57.4 Å². The predicted molar refractivity (Wildman–Crippen MR) is 96.9 cm³/mol. The topological polar surface area (TPSA) is 53.5 Å². The average Bonchev–Trinajstić information content (AvgIpc) is 3.08. The number of benzene rings is 1. The van der Waals surface area contributed by atoms with Gasteiger partial charge in [0, 0.05) is 30.4 Å². The first-order valence-corrected chi connectivity index (χ1v) is 9.15. The van der Waals surface area contributed by atoms with Crippen LogP contribution in [0.3, 0.4) is 0 Å². The fourth-order valence-corrected chi connectivity index (χ4v) is 3.91. The van der Waals surface area contributed by atoms with Crippen LogP contribution >= 0.6 is 11.8 Å². The fourth-order valence-electron chi connectivity index (χ4n) is 2.76. The maximum absolute atomic E-state index is 13.0. The lowest BCUT2D eigenvalue weighted by Crippen LogP contribution is -2.49. The molecule has 0 unspecified atom stereocenters. The Hall–Kier alpha value is -2.08. The van der Waals surface area contributed by atoms with Gasteiger partial charge < -0.3 is 9.80 Å². The number of amides is 2. The summed E-state index contributed by atoms with van der Waals surface area (Å²) in [6.45, 7) is 3.94. The van der Waals surface area contributed by atoms with E-state index in [1.165, 1.54) is 0 Å². The molecule has 1 saturated heterocycles. The maximum Gasteiger partial charge on any atom is 0.274 e. The second-order valence-corrected chi connectivity index (χ2v) is 7.21. The van der Waals surface area contributed by atoms with Crippen LogP contribution in [0.25, 0.3) is 10.8 Å². The molecule has 1 aromatic carbocycles. The van der Waals surface area contributed by atoms with E-state index < -0.39 is 6.04 Å². The molecule has 2 heterocycles. The number of likely N-dealkylation sites (N-methyl/N-ethyl adjacent to an activating group) is 1. The first-order valence-electron chi connectivity index (χ1n) is 8.00. The highest BCUT2D eigenvalue weighted by Gasteiger charge is 2.37. The zero-order valence-corrected chi connectivity index (χ0v) is 14.9. The van der Waals surface area contributed by atoms with E-state index in [9.17, 15) is 9.59 Å². The molecule has 0 saturated carbocycles. The minimum atomic E-state index is -0.421. The molecule has 2 amide bonds. The fraction of sp³-hybridized carbons (Fsp3) is 0.389. The summed E-state index contributed by atoms with van der Waals surface area (Å²) in [5.74, 6) is 0.967. The molecule has 126 valence electrons. The summed E-state index contributed by atoms with van der Waals surface area (Å²) in [4.78, 5) is 33.4. The molecule has 1 aromatic heterocycles. The van der Waals surface area contributed by atoms with E-state index in [2.05, 4.69) is 4.98 Å². The van der Waals surface area contributed by atoms with Crippen LogP contribution in [0, 0.1) is 0 Å². The summed E-state index contributed by atoms with van der Waals surface area (Å²) in [5.41, 5.74) is 0.417. The standard InChI is InChI=1S/C18H21N3O2S/c1-12(2)20(3)17(22)15-10-24-11-21(15)18(23)16-14-7-5-4-6-13(14)8-9-19-16/h4-9,12,15H,10-11H2,1-3H3/t15-/m0/s1. The Morgan fingerprint density at radius 3 is 2.79 bits per heavy atom. The van der Waals surface area contributed by atoms with Crippen LogP contribution in [0.15, 0.2) is 36.5 Å². The Bertz CT molecular complexity index is 772. The van der Waals surface area contributed by atoms with Crippen molar-refractivity contribution in [1.29, 1.82) is 0 Å². The van der Waals surface area contributed by atoms with Crippen LogP contribution in [0.2, 0.25) is 0 Å². The lowest BCUT2D eigenvalue weighted by Gasteiger charge is -2.29. The van der Waals surface area contributed by atoms with Gasteiger partial charge in [-0.1, -0.05) is 24.3 Å². The molecule has 2 aromatic rings. The Balaban J connectivity index is 1.92. The van der Waals surface area contributed by atoms with Gasteiger partial charge in [0.1, 0.15) is 11.7 Å². The molecule has 0 radical (unpaired) electrons. The summed E-state index contributed by atoms with van der Waals surface area (Å²) >= 11 is 1.61. The number of hydrogen-bond acceptors (Lipinski definition) is 4. The summed E-state index contributed by atoms with van der Waals surface area (Å²) in [6, 6.07) is 9.27. The van der Waals surface area contributed by atoms with Gasteiger partial charge in [0.05, 0.1) is 5.88 Å². The van der Waals surface area contributed by atoms with Gasteiger partial charge in [0.2, 0.25) is 5.91 Å². The predicted octanol–water partition coefficient (Wildman–Crippen LogP) is 2.62. The van der Waals surface area contributed by atoms with Crippen molar-refractivity contribution < 1.29 is 9.59 Å². The maximum atomic E-state index is 13.0. The Kier molecular flexibility index (Phi) is 4.76. The molecule has 24 heavy (non-hydrogen) atoms. The van der Waals surface area contributed by atoms with E-state index in [1.807, 2.05) is 44.2 Å². The summed E-state index contributed by atoms with van der Waals surface area (Å²) in [7, 11) is 1.79. The van der Waals surface area contributed by atoms with Gasteiger partial charge in [-0.25, -0.2) is 0 Å². The van der Waals surface area contributed by atoms with Crippen LogP contribution < -0.4 is 0 Å². The Labute approximate surface area is 146 Å². The molecule has 6 heteroatoms. The van der Waals surface area contributed by atoms with Crippen LogP contribution in [0.5, 0.6) is 0 Å². The van der Waals surface area contributed by atoms with E-state index in [4.69, 9.17) is 0 Å². The zero-order valence-electron chi connectivity index (χ0n) is 14.1. The first kappa shape index (κ1) is 16.8. The van der Waals surface area contributed by atoms with E-state index in [0.29, 0.717) is 17.3 Å². The van der Waals surface area contributed by atoms with Crippen molar-refractivity contribution in [2.24, 2.45) is 0 Å². The third-order valence-electron chi connectivity index (χ3n) is 4.43. The summed E-state index contributed by atoms with van der Waals surface area (Å²) in [5, 5.41) is 1.80. The van der Waals surface area contributed by atoms with Crippen molar-refractivity contribution >= 4 is 34.3 Å². The Morgan fingerprint density at radius 1 is 1.29 bits per heavy atom. The number of pyridine rings is 1. The number of carbonyl (C=O) groups excluding carboxylic acids is 2. The van der Waals surface area contributed by atoms with Crippen molar-refractivity contribution in [3.63, 3.8) is 0 Å². The number of rotatable bonds is 3. The minimum Gasteiger partial charge on any atom is -0.342 e. The molecule has 0 bridgehead atoms. The summed E-state index contributed by atoms with van der Waals surface area (Å²) < 4.78 is 0. The lowest BCUT2D eigenvalue weighted by atomic mass is 10.1. The van der Waals surface area contributed by atoms with Crippen molar-refractivity contribution in [1.82, 2.24) is 14.8 Å². The molecule has 1 fully saturated rings. The smallest absolute Gasteiger partial charge is 0.274 e. The number of nitrogens with zero attached hydrogens (tertiary/aromatic N) is 3. The van der Waals surface area contributed by atoms with Gasteiger partial charge in [-0.3, -0.25) is 14.6 Å². The number of thioether (sulfide) groups is 1. The van der Waals surface area contributed by atoms with Gasteiger partial charge in [0.25, 0.3) is 5.91 Å². The molecule has 1 aliphatic rings. The monoisotopic (exact) mass is 343 g/mol. The number of fused-ring (bicyclic) bond motifs is 1. The second-order valence-electron chi connectivity index (χ2n) is 6.21. The van der Waals surface area contributed by atoms with Gasteiger partial charge in [-0.15, -0.1) is 11.8 Å². The largest absolute Gasteiger partial charge is 0.342 e. The van der Waals surface area contributed by atoms with Crippen LogP contribution in [-0.2, 0) is 4.79 Å². The van der Waals surface area contributed by atoms with Crippen molar-refractivity contribution in [2.45, 2.75) is 25.9 Å². The third-order valence-corrected chi connectivity index (χ3v) is 5.44. The van der Waals surface area contributed by atoms with E-state index >= 15 is 0 Å². The molecular formula is C18H21N3O2S. The van der Waals surface area contributed by atoms with E-state index in [-0.39, 0.29) is 17.9 Å². The van der Waals surface area contributed by atoms with Gasteiger partial charge in [-0.2, -0.15) is 0 Å². The van der Waals surface area contributed by atoms with E-state index in [1.54, 1.807) is 34.8 Å². The first-order chi connectivity index (χ1) is 11.5. The molecule has 1 aliphatic heterocycles. The highest BCUT2D eigenvalue weighted by atomic mass is 32.2. The van der Waals surface area contributed by atoms with Gasteiger partial charge in [0.15, 0.2) is 0 Å². The van der Waals surface area contributed by atoms with Crippen molar-refractivity contribution in [2.75, 3.05) is 18.7 Å². The van der Waals surface area contributed by atoms with Gasteiger partial charge in [-0.05, 0) is 25.3 Å². The summed E-state index contributed by atoms with van der Waals surface area (Å²) in [6.07, 6.45) is 1.65. The minimum absolute atomic E-state index is 0.0106.